The molecule has 1 aliphatic heterocycles. The summed E-state index contributed by atoms with van der Waals surface area (Å²) in [5.41, 5.74) is -0.745. The molecule has 0 bridgehead atoms. The second-order valence-corrected chi connectivity index (χ2v) is 7.52. The summed E-state index contributed by atoms with van der Waals surface area (Å²) in [5, 5.41) is 13.8. The molecule has 1 unspecified atom stereocenters. The van der Waals surface area contributed by atoms with E-state index >= 15 is 0 Å². The Morgan fingerprint density at radius 2 is 1.87 bits per heavy atom. The van der Waals surface area contributed by atoms with Gasteiger partial charge in [-0.1, -0.05) is 44.0 Å². The molecule has 0 radical (unpaired) electrons. The lowest BCUT2D eigenvalue weighted by molar-refractivity contribution is -0.385. The molecule has 9 heteroatoms. The summed E-state index contributed by atoms with van der Waals surface area (Å²) in [6.45, 7) is 2.93. The molecule has 162 valence electrons. The van der Waals surface area contributed by atoms with Crippen LogP contribution in [0.3, 0.4) is 0 Å². The highest BCUT2D eigenvalue weighted by atomic mass is 19.1. The predicted molar refractivity (Wildman–Crippen MR) is 110 cm³/mol. The van der Waals surface area contributed by atoms with Gasteiger partial charge >= 0.3 is 6.03 Å². The molecule has 0 aliphatic carbocycles. The fourth-order valence-electron chi connectivity index (χ4n) is 3.67. The Morgan fingerprint density at radius 1 is 1.19 bits per heavy atom. The number of carbonyl (C=O) groups is 3. The smallest absolute Gasteiger partial charge is 0.319 e. The van der Waals surface area contributed by atoms with Crippen LogP contribution >= 0.6 is 0 Å². The summed E-state index contributed by atoms with van der Waals surface area (Å²) in [4.78, 5) is 50.1. The van der Waals surface area contributed by atoms with Gasteiger partial charge < -0.3 is 5.32 Å². The van der Waals surface area contributed by atoms with Gasteiger partial charge in [-0.3, -0.25) is 24.6 Å². The number of amides is 3. The van der Waals surface area contributed by atoms with E-state index in [1.165, 1.54) is 36.4 Å². The number of hydrogen-bond acceptors (Lipinski definition) is 5. The number of rotatable bonds is 8. The minimum absolute atomic E-state index is 0.0331. The average molecular weight is 427 g/mol. The Balaban J connectivity index is 1.90. The van der Waals surface area contributed by atoms with Crippen LogP contribution in [0, 0.1) is 22.9 Å². The van der Waals surface area contributed by atoms with Crippen LogP contribution in [0.15, 0.2) is 42.5 Å². The van der Waals surface area contributed by atoms with Gasteiger partial charge in [-0.05, 0) is 31.0 Å². The maximum absolute atomic E-state index is 13.4. The molecule has 0 spiro atoms. The Hall–Kier alpha value is -3.62. The summed E-state index contributed by atoms with van der Waals surface area (Å²) < 4.78 is 13.4. The van der Waals surface area contributed by atoms with Crippen molar-refractivity contribution in [2.75, 3.05) is 6.54 Å². The summed E-state index contributed by atoms with van der Waals surface area (Å²) in [6.07, 6.45) is 1.67. The molecule has 1 fully saturated rings. The first-order chi connectivity index (χ1) is 14.7. The monoisotopic (exact) mass is 427 g/mol. The van der Waals surface area contributed by atoms with Gasteiger partial charge in [0.1, 0.15) is 11.4 Å². The first-order valence-electron chi connectivity index (χ1n) is 9.88. The number of hydrogen-bond donors (Lipinski definition) is 1. The molecule has 1 N–H and O–H groups in total. The van der Waals surface area contributed by atoms with E-state index in [0.29, 0.717) is 24.0 Å². The molecule has 2 aromatic carbocycles. The van der Waals surface area contributed by atoms with Crippen molar-refractivity contribution in [2.24, 2.45) is 0 Å². The molecule has 8 nitrogen and oxygen atoms in total. The van der Waals surface area contributed by atoms with Gasteiger partial charge in [0.15, 0.2) is 5.78 Å². The van der Waals surface area contributed by atoms with E-state index in [9.17, 15) is 28.9 Å². The SMILES string of the molecule is CCCCC1(c2ccc(F)cc2)NC(=O)N(CC(=O)c2ccc(C)c([N+](=O)[O-])c2)C1=O. The first kappa shape index (κ1) is 22.1. The third-order valence-electron chi connectivity index (χ3n) is 5.45. The number of urea groups is 1. The van der Waals surface area contributed by atoms with Gasteiger partial charge in [0.05, 0.1) is 11.5 Å². The molecule has 3 rings (SSSR count). The van der Waals surface area contributed by atoms with E-state index in [0.717, 1.165) is 17.4 Å². The normalized spacial score (nSPS) is 18.2. The predicted octanol–water partition coefficient (Wildman–Crippen LogP) is 3.86. The van der Waals surface area contributed by atoms with Crippen molar-refractivity contribution >= 4 is 23.4 Å². The zero-order valence-electron chi connectivity index (χ0n) is 17.2. The zero-order chi connectivity index (χ0) is 22.8. The van der Waals surface area contributed by atoms with E-state index in [1.54, 1.807) is 6.92 Å². The van der Waals surface area contributed by atoms with Gasteiger partial charge in [-0.2, -0.15) is 0 Å². The van der Waals surface area contributed by atoms with Crippen LogP contribution in [0.25, 0.3) is 0 Å². The van der Waals surface area contributed by atoms with Crippen molar-refractivity contribution in [3.8, 4) is 0 Å². The van der Waals surface area contributed by atoms with Crippen LogP contribution in [0.5, 0.6) is 0 Å². The summed E-state index contributed by atoms with van der Waals surface area (Å²) in [7, 11) is 0. The molecule has 0 aromatic heterocycles. The molecule has 1 heterocycles. The van der Waals surface area contributed by atoms with E-state index in [1.807, 2.05) is 6.92 Å². The molecule has 3 amide bonds. The number of aryl methyl sites for hydroxylation is 1. The number of ketones is 1. The van der Waals surface area contributed by atoms with Crippen molar-refractivity contribution in [1.82, 2.24) is 10.2 Å². The minimum Gasteiger partial charge on any atom is -0.319 e. The highest BCUT2D eigenvalue weighted by Crippen LogP contribution is 2.34. The highest BCUT2D eigenvalue weighted by molar-refractivity contribution is 6.11. The maximum atomic E-state index is 13.4. The van der Waals surface area contributed by atoms with Crippen molar-refractivity contribution < 1.29 is 23.7 Å². The highest BCUT2D eigenvalue weighted by Gasteiger charge is 2.52. The lowest BCUT2D eigenvalue weighted by Crippen LogP contribution is -2.44. The first-order valence-corrected chi connectivity index (χ1v) is 9.88. The van der Waals surface area contributed by atoms with Gasteiger partial charge in [0, 0.05) is 17.2 Å². The second-order valence-electron chi connectivity index (χ2n) is 7.52. The van der Waals surface area contributed by atoms with E-state index in [-0.39, 0.29) is 11.3 Å². The number of benzene rings is 2. The number of nitro benzene ring substituents is 1. The van der Waals surface area contributed by atoms with Crippen molar-refractivity contribution in [3.05, 3.63) is 75.1 Å². The lowest BCUT2D eigenvalue weighted by Gasteiger charge is -2.27. The van der Waals surface area contributed by atoms with E-state index in [4.69, 9.17) is 0 Å². The third kappa shape index (κ3) is 4.16. The standard InChI is InChI=1S/C22H22FN3O5/c1-3-4-11-22(16-7-9-17(23)10-8-16)20(28)25(21(29)24-22)13-19(27)15-6-5-14(2)18(12-15)26(30)31/h5-10,12H,3-4,11,13H2,1-2H3,(H,24,29). The Labute approximate surface area is 178 Å². The summed E-state index contributed by atoms with van der Waals surface area (Å²) in [5.74, 6) is -1.68. The minimum atomic E-state index is -1.39. The number of nitro groups is 1. The molecular formula is C22H22FN3O5. The number of Topliss-reactive ketones (excluding diaryl/α,β-unsaturated/α-hetero) is 1. The van der Waals surface area contributed by atoms with Crippen LogP contribution in [0.1, 0.15) is 47.7 Å². The number of unbranched alkanes of at least 4 members (excludes halogenated alkanes) is 1. The molecule has 1 atom stereocenters. The fraction of sp³-hybridized carbons (Fsp3) is 0.318. The summed E-state index contributed by atoms with van der Waals surface area (Å²) >= 11 is 0. The Bertz CT molecular complexity index is 1050. The molecule has 31 heavy (non-hydrogen) atoms. The van der Waals surface area contributed by atoms with Crippen LogP contribution in [-0.4, -0.2) is 34.1 Å². The van der Waals surface area contributed by atoms with Crippen molar-refractivity contribution in [2.45, 2.75) is 38.6 Å². The largest absolute Gasteiger partial charge is 0.325 e. The Kier molecular flexibility index (Phi) is 6.14. The topological polar surface area (TPSA) is 110 Å². The van der Waals surface area contributed by atoms with Crippen LogP contribution in [-0.2, 0) is 10.3 Å². The number of carbonyl (C=O) groups excluding carboxylic acids is 3. The average Bonchev–Trinajstić information content (AvgIpc) is 2.97. The zero-order valence-corrected chi connectivity index (χ0v) is 17.2. The number of nitrogens with one attached hydrogen (secondary N) is 1. The molecular weight excluding hydrogens is 405 g/mol. The van der Waals surface area contributed by atoms with Gasteiger partial charge in [-0.25, -0.2) is 9.18 Å². The van der Waals surface area contributed by atoms with Crippen molar-refractivity contribution in [3.63, 3.8) is 0 Å². The Morgan fingerprint density at radius 3 is 2.48 bits per heavy atom. The molecule has 1 saturated heterocycles. The molecule has 2 aromatic rings. The molecule has 0 saturated carbocycles. The maximum Gasteiger partial charge on any atom is 0.325 e. The van der Waals surface area contributed by atoms with Crippen molar-refractivity contribution in [1.29, 1.82) is 0 Å². The van der Waals surface area contributed by atoms with Crippen LogP contribution in [0.4, 0.5) is 14.9 Å². The quantitative estimate of drug-likeness (QED) is 0.298. The molecule has 1 aliphatic rings. The third-order valence-corrected chi connectivity index (χ3v) is 5.45. The van der Waals surface area contributed by atoms with Crippen LogP contribution < -0.4 is 5.32 Å². The summed E-state index contributed by atoms with van der Waals surface area (Å²) in [6, 6.07) is 8.58. The lowest BCUT2D eigenvalue weighted by atomic mass is 9.84. The van der Waals surface area contributed by atoms with Gasteiger partial charge in [0.25, 0.3) is 11.6 Å². The number of halogens is 1. The fourth-order valence-corrected chi connectivity index (χ4v) is 3.67. The van der Waals surface area contributed by atoms with Gasteiger partial charge in [-0.15, -0.1) is 0 Å². The van der Waals surface area contributed by atoms with E-state index in [2.05, 4.69) is 5.32 Å². The van der Waals surface area contributed by atoms with Crippen LogP contribution in [0.2, 0.25) is 0 Å². The second kappa shape index (κ2) is 8.63. The number of imide groups is 1. The van der Waals surface area contributed by atoms with Gasteiger partial charge in [0.2, 0.25) is 0 Å². The van der Waals surface area contributed by atoms with E-state index < -0.39 is 40.5 Å². The number of nitrogens with zero attached hydrogens (tertiary/aromatic N) is 2.